The van der Waals surface area contributed by atoms with Gasteiger partial charge in [-0.15, -0.1) is 0 Å². The number of nitrogens with one attached hydrogen (secondary N) is 2. The standard InChI is InChI=1S/C19H18FN3O3S/c1-12-3-2-4-14(9-12)26-8-7-21-17(24)11-27-19-22-16-6-5-13(20)10-15(16)18(25)23-19/h2-6,9-10H,7-8,11H2,1H3,(H,21,24)(H,22,23,25). The first-order valence-corrected chi connectivity index (χ1v) is 9.28. The molecule has 2 aromatic carbocycles. The van der Waals surface area contributed by atoms with Crippen LogP contribution in [0.25, 0.3) is 10.9 Å². The molecule has 0 saturated heterocycles. The molecule has 3 rings (SSSR count). The lowest BCUT2D eigenvalue weighted by Crippen LogP contribution is -2.29. The van der Waals surface area contributed by atoms with E-state index < -0.39 is 11.4 Å². The van der Waals surface area contributed by atoms with Crippen LogP contribution in [0.1, 0.15) is 5.56 Å². The monoisotopic (exact) mass is 387 g/mol. The Kier molecular flexibility index (Phi) is 6.08. The lowest BCUT2D eigenvalue weighted by atomic mass is 10.2. The Hall–Kier alpha value is -2.87. The van der Waals surface area contributed by atoms with Crippen LogP contribution in [-0.2, 0) is 4.79 Å². The minimum absolute atomic E-state index is 0.0973. The number of thioether (sulfide) groups is 1. The maximum absolute atomic E-state index is 13.2. The molecule has 0 bridgehead atoms. The molecule has 6 nitrogen and oxygen atoms in total. The Morgan fingerprint density at radius 2 is 2.15 bits per heavy atom. The number of hydrogen-bond donors (Lipinski definition) is 2. The van der Waals surface area contributed by atoms with Crippen molar-refractivity contribution >= 4 is 28.6 Å². The van der Waals surface area contributed by atoms with Gasteiger partial charge in [-0.3, -0.25) is 9.59 Å². The van der Waals surface area contributed by atoms with E-state index in [1.165, 1.54) is 12.1 Å². The number of carbonyl (C=O) groups is 1. The van der Waals surface area contributed by atoms with Gasteiger partial charge in [-0.2, -0.15) is 0 Å². The van der Waals surface area contributed by atoms with Crippen LogP contribution in [0.5, 0.6) is 5.75 Å². The first-order chi connectivity index (χ1) is 13.0. The molecule has 0 aliphatic carbocycles. The van der Waals surface area contributed by atoms with Crippen molar-refractivity contribution in [2.24, 2.45) is 0 Å². The first-order valence-electron chi connectivity index (χ1n) is 8.30. The van der Waals surface area contributed by atoms with Crippen molar-refractivity contribution < 1.29 is 13.9 Å². The second kappa shape index (κ2) is 8.68. The van der Waals surface area contributed by atoms with E-state index in [0.29, 0.717) is 23.8 Å². The summed E-state index contributed by atoms with van der Waals surface area (Å²) in [6.07, 6.45) is 0. The SMILES string of the molecule is Cc1cccc(OCCNC(=O)CSc2nc3ccc(F)cc3c(=O)[nH]2)c1. The van der Waals surface area contributed by atoms with Gasteiger partial charge in [-0.05, 0) is 42.8 Å². The molecule has 0 fully saturated rings. The Labute approximate surface area is 159 Å². The molecule has 3 aromatic rings. The number of aromatic amines is 1. The number of nitrogens with zero attached hydrogens (tertiary/aromatic N) is 1. The molecule has 1 amide bonds. The highest BCUT2D eigenvalue weighted by molar-refractivity contribution is 7.99. The van der Waals surface area contributed by atoms with Crippen LogP contribution < -0.4 is 15.6 Å². The summed E-state index contributed by atoms with van der Waals surface area (Å²) in [4.78, 5) is 30.7. The van der Waals surface area contributed by atoms with E-state index in [4.69, 9.17) is 4.74 Å². The number of amides is 1. The summed E-state index contributed by atoms with van der Waals surface area (Å²) in [5.41, 5.74) is 1.05. The summed E-state index contributed by atoms with van der Waals surface area (Å²) in [5.74, 6) is 0.158. The average Bonchev–Trinajstić information content (AvgIpc) is 2.64. The Bertz CT molecular complexity index is 1020. The van der Waals surface area contributed by atoms with Crippen LogP contribution in [0.2, 0.25) is 0 Å². The molecule has 0 spiro atoms. The third-order valence-corrected chi connectivity index (χ3v) is 4.54. The first kappa shape index (κ1) is 18.9. The van der Waals surface area contributed by atoms with E-state index in [9.17, 15) is 14.0 Å². The number of carbonyl (C=O) groups excluding carboxylic acids is 1. The van der Waals surface area contributed by atoms with E-state index in [1.54, 1.807) is 0 Å². The van der Waals surface area contributed by atoms with Gasteiger partial charge < -0.3 is 15.0 Å². The van der Waals surface area contributed by atoms with Crippen molar-refractivity contribution in [3.8, 4) is 5.75 Å². The number of benzene rings is 2. The van der Waals surface area contributed by atoms with E-state index >= 15 is 0 Å². The van der Waals surface area contributed by atoms with Crippen molar-refractivity contribution in [3.63, 3.8) is 0 Å². The molecule has 1 aromatic heterocycles. The molecule has 8 heteroatoms. The molecule has 0 atom stereocenters. The number of ether oxygens (including phenoxy) is 1. The predicted octanol–water partition coefficient (Wildman–Crippen LogP) is 2.66. The quantitative estimate of drug-likeness (QED) is 0.370. The molecule has 0 saturated carbocycles. The van der Waals surface area contributed by atoms with Crippen molar-refractivity contribution in [2.75, 3.05) is 18.9 Å². The Morgan fingerprint density at radius 3 is 2.96 bits per heavy atom. The third kappa shape index (κ3) is 5.30. The second-order valence-electron chi connectivity index (χ2n) is 5.84. The maximum atomic E-state index is 13.2. The largest absolute Gasteiger partial charge is 0.492 e. The molecule has 2 N–H and O–H groups in total. The summed E-state index contributed by atoms with van der Waals surface area (Å²) in [5, 5.41) is 3.23. The molecule has 0 unspecified atom stereocenters. The molecular weight excluding hydrogens is 369 g/mol. The third-order valence-electron chi connectivity index (χ3n) is 3.67. The summed E-state index contributed by atoms with van der Waals surface area (Å²) < 4.78 is 18.8. The molecule has 1 heterocycles. The summed E-state index contributed by atoms with van der Waals surface area (Å²) in [6, 6.07) is 11.5. The van der Waals surface area contributed by atoms with Crippen LogP contribution in [0.3, 0.4) is 0 Å². The molecule has 0 aliphatic heterocycles. The summed E-state index contributed by atoms with van der Waals surface area (Å²) in [6.45, 7) is 2.71. The van der Waals surface area contributed by atoms with Crippen molar-refractivity contribution in [3.05, 3.63) is 64.2 Å². The van der Waals surface area contributed by atoms with Gasteiger partial charge in [-0.25, -0.2) is 9.37 Å². The zero-order chi connectivity index (χ0) is 19.2. The van der Waals surface area contributed by atoms with E-state index in [-0.39, 0.29) is 17.0 Å². The van der Waals surface area contributed by atoms with Crippen LogP contribution in [0.15, 0.2) is 52.4 Å². The fourth-order valence-corrected chi connectivity index (χ4v) is 3.10. The number of fused-ring (bicyclic) bond motifs is 1. The van der Waals surface area contributed by atoms with Crippen molar-refractivity contribution in [1.82, 2.24) is 15.3 Å². The second-order valence-corrected chi connectivity index (χ2v) is 6.80. The zero-order valence-corrected chi connectivity index (χ0v) is 15.4. The van der Waals surface area contributed by atoms with Crippen LogP contribution in [0.4, 0.5) is 4.39 Å². The van der Waals surface area contributed by atoms with Gasteiger partial charge >= 0.3 is 0 Å². The Morgan fingerprint density at radius 1 is 1.30 bits per heavy atom. The van der Waals surface area contributed by atoms with Crippen LogP contribution in [-0.4, -0.2) is 34.8 Å². The summed E-state index contributed by atoms with van der Waals surface area (Å²) in [7, 11) is 0. The lowest BCUT2D eigenvalue weighted by molar-refractivity contribution is -0.118. The number of rotatable bonds is 7. The fraction of sp³-hybridized carbons (Fsp3) is 0.211. The highest BCUT2D eigenvalue weighted by Gasteiger charge is 2.08. The predicted molar refractivity (Wildman–Crippen MR) is 103 cm³/mol. The highest BCUT2D eigenvalue weighted by atomic mass is 32.2. The molecule has 0 aliphatic rings. The average molecular weight is 387 g/mol. The molecule has 0 radical (unpaired) electrons. The van der Waals surface area contributed by atoms with Gasteiger partial charge in [0.25, 0.3) is 5.56 Å². The zero-order valence-electron chi connectivity index (χ0n) is 14.6. The fourth-order valence-electron chi connectivity index (χ4n) is 2.41. The van der Waals surface area contributed by atoms with Gasteiger partial charge in [0.1, 0.15) is 18.2 Å². The number of H-pyrrole nitrogens is 1. The smallest absolute Gasteiger partial charge is 0.259 e. The van der Waals surface area contributed by atoms with Crippen molar-refractivity contribution in [2.45, 2.75) is 12.1 Å². The minimum Gasteiger partial charge on any atom is -0.492 e. The normalized spacial score (nSPS) is 10.7. The van der Waals surface area contributed by atoms with Gasteiger partial charge in [0.15, 0.2) is 5.16 Å². The topological polar surface area (TPSA) is 84.1 Å². The van der Waals surface area contributed by atoms with Crippen LogP contribution in [0, 0.1) is 12.7 Å². The minimum atomic E-state index is -0.498. The molecule has 27 heavy (non-hydrogen) atoms. The molecule has 140 valence electrons. The number of aromatic nitrogens is 2. The maximum Gasteiger partial charge on any atom is 0.259 e. The van der Waals surface area contributed by atoms with E-state index in [2.05, 4.69) is 15.3 Å². The number of hydrogen-bond acceptors (Lipinski definition) is 5. The van der Waals surface area contributed by atoms with Gasteiger partial charge in [-0.1, -0.05) is 23.9 Å². The number of halogens is 1. The highest BCUT2D eigenvalue weighted by Crippen LogP contribution is 2.15. The van der Waals surface area contributed by atoms with E-state index in [1.807, 2.05) is 31.2 Å². The van der Waals surface area contributed by atoms with Crippen LogP contribution >= 0.6 is 11.8 Å². The molecular formula is C19H18FN3O3S. The van der Waals surface area contributed by atoms with Gasteiger partial charge in [0.2, 0.25) is 5.91 Å². The number of aryl methyl sites for hydroxylation is 1. The lowest BCUT2D eigenvalue weighted by Gasteiger charge is -2.08. The van der Waals surface area contributed by atoms with Crippen molar-refractivity contribution in [1.29, 1.82) is 0 Å². The van der Waals surface area contributed by atoms with Gasteiger partial charge in [0.05, 0.1) is 23.2 Å². The van der Waals surface area contributed by atoms with E-state index in [0.717, 1.165) is 29.1 Å². The Balaban J connectivity index is 1.47. The van der Waals surface area contributed by atoms with Gasteiger partial charge in [0, 0.05) is 0 Å². The summed E-state index contributed by atoms with van der Waals surface area (Å²) >= 11 is 1.10.